The van der Waals surface area contributed by atoms with Gasteiger partial charge in [-0.05, 0) is 44.5 Å². The lowest BCUT2D eigenvalue weighted by Crippen LogP contribution is -2.40. The Morgan fingerprint density at radius 1 is 1.26 bits per heavy atom. The molecule has 31 heavy (non-hydrogen) atoms. The van der Waals surface area contributed by atoms with Crippen LogP contribution in [0.4, 0.5) is 4.39 Å². The zero-order valence-corrected chi connectivity index (χ0v) is 19.0. The predicted octanol–water partition coefficient (Wildman–Crippen LogP) is 4.65. The minimum Gasteiger partial charge on any atom is -0.390 e. The molecule has 2 unspecified atom stereocenters. The smallest absolute Gasteiger partial charge is 0.145 e. The Morgan fingerprint density at radius 2 is 2.03 bits per heavy atom. The lowest BCUT2D eigenvalue weighted by atomic mass is 10.0. The monoisotopic (exact) mass is 448 g/mol. The summed E-state index contributed by atoms with van der Waals surface area (Å²) in [7, 11) is 0. The predicted molar refractivity (Wildman–Crippen MR) is 121 cm³/mol. The van der Waals surface area contributed by atoms with E-state index < -0.39 is 6.10 Å². The molecule has 0 saturated heterocycles. The first-order valence-corrected chi connectivity index (χ1v) is 10.8. The molecule has 3 rings (SSSR count). The van der Waals surface area contributed by atoms with Gasteiger partial charge in [0.25, 0.3) is 0 Å². The van der Waals surface area contributed by atoms with Gasteiger partial charge < -0.3 is 14.7 Å². The molecular weight excluding hydrogens is 419 g/mol. The average molecular weight is 449 g/mol. The van der Waals surface area contributed by atoms with Gasteiger partial charge in [-0.3, -0.25) is 4.90 Å². The van der Waals surface area contributed by atoms with E-state index in [0.29, 0.717) is 42.4 Å². The third-order valence-corrected chi connectivity index (χ3v) is 5.09. The van der Waals surface area contributed by atoms with Crippen LogP contribution in [0.3, 0.4) is 0 Å². The van der Waals surface area contributed by atoms with Crippen molar-refractivity contribution in [2.45, 2.75) is 51.5 Å². The second kappa shape index (κ2) is 10.6. The molecule has 7 heteroatoms. The highest BCUT2D eigenvalue weighted by Gasteiger charge is 2.27. The molecule has 0 aromatic heterocycles. The van der Waals surface area contributed by atoms with Gasteiger partial charge in [0, 0.05) is 36.6 Å². The lowest BCUT2D eigenvalue weighted by molar-refractivity contribution is -0.0600. The number of rotatable bonds is 9. The number of benzene rings is 2. The molecule has 0 bridgehead atoms. The highest BCUT2D eigenvalue weighted by Crippen LogP contribution is 2.21. The van der Waals surface area contributed by atoms with Crippen molar-refractivity contribution in [2.75, 3.05) is 19.7 Å². The number of halogens is 2. The van der Waals surface area contributed by atoms with Gasteiger partial charge in [0.15, 0.2) is 0 Å². The summed E-state index contributed by atoms with van der Waals surface area (Å²) in [4.78, 5) is 7.69. The van der Waals surface area contributed by atoms with E-state index >= 15 is 0 Å². The number of oxime groups is 1. The van der Waals surface area contributed by atoms with Crippen LogP contribution in [0.25, 0.3) is 0 Å². The van der Waals surface area contributed by atoms with Crippen LogP contribution in [0.1, 0.15) is 38.3 Å². The maximum absolute atomic E-state index is 14.1. The van der Waals surface area contributed by atoms with E-state index in [9.17, 15) is 9.50 Å². The summed E-state index contributed by atoms with van der Waals surface area (Å²) in [5.41, 5.74) is 1.77. The van der Waals surface area contributed by atoms with Gasteiger partial charge in [0.2, 0.25) is 0 Å². The zero-order chi connectivity index (χ0) is 22.4. The molecule has 0 aliphatic carbocycles. The standard InChI is InChI=1S/C24H30ClFN2O3/c1-24(2,3)30-16-19(29)14-28(13-17-7-6-8-18(25)11-17)15-20-12-23(27-31-20)21-9-4-5-10-22(21)26/h4-11,19-20,29H,12-16H2,1-3H3. The third kappa shape index (κ3) is 7.58. The van der Waals surface area contributed by atoms with Crippen LogP contribution in [-0.4, -0.2) is 53.2 Å². The molecule has 0 amide bonds. The molecule has 0 radical (unpaired) electrons. The molecular formula is C24H30ClFN2O3. The van der Waals surface area contributed by atoms with Crippen LogP contribution < -0.4 is 0 Å². The van der Waals surface area contributed by atoms with Crippen LogP contribution in [0, 0.1) is 5.82 Å². The molecule has 1 aliphatic heterocycles. The number of aliphatic hydroxyl groups excluding tert-OH is 1. The van der Waals surface area contributed by atoms with Crippen molar-refractivity contribution in [1.82, 2.24) is 4.90 Å². The van der Waals surface area contributed by atoms with Gasteiger partial charge in [0.05, 0.1) is 24.0 Å². The van der Waals surface area contributed by atoms with Gasteiger partial charge in [0.1, 0.15) is 11.9 Å². The van der Waals surface area contributed by atoms with Crippen molar-refractivity contribution in [1.29, 1.82) is 0 Å². The molecule has 1 heterocycles. The van der Waals surface area contributed by atoms with E-state index in [1.54, 1.807) is 18.2 Å². The summed E-state index contributed by atoms with van der Waals surface area (Å²) in [5, 5.41) is 15.3. The Kier molecular flexibility index (Phi) is 8.06. The SMILES string of the molecule is CC(C)(C)OCC(O)CN(Cc1cccc(Cl)c1)CC1CC(c2ccccc2F)=NO1. The van der Waals surface area contributed by atoms with Crippen LogP contribution in [-0.2, 0) is 16.1 Å². The summed E-state index contributed by atoms with van der Waals surface area (Å²) < 4.78 is 19.8. The molecule has 2 atom stereocenters. The molecule has 2 aromatic rings. The maximum Gasteiger partial charge on any atom is 0.145 e. The van der Waals surface area contributed by atoms with Gasteiger partial charge in [-0.1, -0.05) is 47.1 Å². The van der Waals surface area contributed by atoms with E-state index in [0.717, 1.165) is 5.56 Å². The Balaban J connectivity index is 1.64. The van der Waals surface area contributed by atoms with Crippen molar-refractivity contribution in [3.8, 4) is 0 Å². The van der Waals surface area contributed by atoms with Crippen molar-refractivity contribution in [2.24, 2.45) is 5.16 Å². The minimum atomic E-state index is -0.660. The third-order valence-electron chi connectivity index (χ3n) is 4.85. The second-order valence-electron chi connectivity index (χ2n) is 8.85. The highest BCUT2D eigenvalue weighted by molar-refractivity contribution is 6.30. The van der Waals surface area contributed by atoms with E-state index in [-0.39, 0.29) is 24.1 Å². The number of aliphatic hydroxyl groups is 1. The first-order chi connectivity index (χ1) is 14.7. The minimum absolute atomic E-state index is 0.232. The van der Waals surface area contributed by atoms with Crippen LogP contribution in [0.15, 0.2) is 53.7 Å². The summed E-state index contributed by atoms with van der Waals surface area (Å²) in [6.07, 6.45) is -0.391. The van der Waals surface area contributed by atoms with E-state index in [4.69, 9.17) is 21.2 Å². The number of nitrogens with zero attached hydrogens (tertiary/aromatic N) is 2. The van der Waals surface area contributed by atoms with Gasteiger partial charge in [-0.25, -0.2) is 4.39 Å². The van der Waals surface area contributed by atoms with Gasteiger partial charge in [-0.2, -0.15) is 0 Å². The Hall–Kier alpha value is -1.99. The van der Waals surface area contributed by atoms with Crippen molar-refractivity contribution in [3.63, 3.8) is 0 Å². The normalized spacial score (nSPS) is 17.5. The quantitative estimate of drug-likeness (QED) is 0.606. The highest BCUT2D eigenvalue weighted by atomic mass is 35.5. The molecule has 1 N–H and O–H groups in total. The molecule has 1 aliphatic rings. The Labute approximate surface area is 188 Å². The summed E-state index contributed by atoms with van der Waals surface area (Å²) in [6, 6.07) is 14.2. The van der Waals surface area contributed by atoms with Crippen LogP contribution in [0.5, 0.6) is 0 Å². The molecule has 5 nitrogen and oxygen atoms in total. The fourth-order valence-corrected chi connectivity index (χ4v) is 3.68. The number of ether oxygens (including phenoxy) is 1. The summed E-state index contributed by atoms with van der Waals surface area (Å²) >= 11 is 6.14. The maximum atomic E-state index is 14.1. The summed E-state index contributed by atoms with van der Waals surface area (Å²) in [6.45, 7) is 7.62. The molecule has 168 valence electrons. The molecule has 2 aromatic carbocycles. The molecule has 0 spiro atoms. The first kappa shape index (κ1) is 23.7. The van der Waals surface area contributed by atoms with Crippen molar-refractivity contribution in [3.05, 3.63) is 70.5 Å². The fourth-order valence-electron chi connectivity index (χ4n) is 3.46. The largest absolute Gasteiger partial charge is 0.390 e. The van der Waals surface area contributed by atoms with Crippen LogP contribution >= 0.6 is 11.6 Å². The number of hydrogen-bond acceptors (Lipinski definition) is 5. The Morgan fingerprint density at radius 3 is 2.74 bits per heavy atom. The van der Waals surface area contributed by atoms with Crippen molar-refractivity contribution < 1.29 is 19.1 Å². The van der Waals surface area contributed by atoms with Gasteiger partial charge >= 0.3 is 0 Å². The van der Waals surface area contributed by atoms with Crippen molar-refractivity contribution >= 4 is 17.3 Å². The Bertz CT molecular complexity index is 900. The molecule has 0 saturated carbocycles. The fraction of sp³-hybridized carbons (Fsp3) is 0.458. The average Bonchev–Trinajstić information content (AvgIpc) is 3.14. The topological polar surface area (TPSA) is 54.3 Å². The summed E-state index contributed by atoms with van der Waals surface area (Å²) in [5.74, 6) is -0.309. The van der Waals surface area contributed by atoms with Crippen LogP contribution in [0.2, 0.25) is 5.02 Å². The van der Waals surface area contributed by atoms with E-state index in [1.807, 2.05) is 45.0 Å². The first-order valence-electron chi connectivity index (χ1n) is 10.5. The van der Waals surface area contributed by atoms with E-state index in [1.165, 1.54) is 6.07 Å². The van der Waals surface area contributed by atoms with E-state index in [2.05, 4.69) is 10.1 Å². The number of hydrogen-bond donors (Lipinski definition) is 1. The molecule has 0 fully saturated rings. The zero-order valence-electron chi connectivity index (χ0n) is 18.2. The van der Waals surface area contributed by atoms with Gasteiger partial charge in [-0.15, -0.1) is 0 Å². The second-order valence-corrected chi connectivity index (χ2v) is 9.29. The lowest BCUT2D eigenvalue weighted by Gasteiger charge is -2.28.